The predicted octanol–water partition coefficient (Wildman–Crippen LogP) is 5.49. The van der Waals surface area contributed by atoms with E-state index in [9.17, 15) is 23.3 Å². The molecule has 4 aromatic carbocycles. The number of nitriles is 1. The fourth-order valence-corrected chi connectivity index (χ4v) is 6.55. The zero-order chi connectivity index (χ0) is 33.7. The van der Waals surface area contributed by atoms with Crippen LogP contribution >= 0.6 is 0 Å². The number of hydrogen-bond donors (Lipinski definition) is 2. The number of nitrogens with two attached hydrogens (primary N) is 1. The van der Waals surface area contributed by atoms with Gasteiger partial charge in [-0.2, -0.15) is 5.26 Å². The van der Waals surface area contributed by atoms with E-state index in [1.165, 1.54) is 18.2 Å². The average molecular weight is 651 g/mol. The van der Waals surface area contributed by atoms with Crippen molar-refractivity contribution >= 4 is 33.3 Å². The molecule has 5 rings (SSSR count). The molecule has 0 bridgehead atoms. The third kappa shape index (κ3) is 6.51. The Morgan fingerprint density at radius 2 is 1.45 bits per heavy atom. The first kappa shape index (κ1) is 32.3. The average Bonchev–Trinajstić information content (AvgIpc) is 3.08. The van der Waals surface area contributed by atoms with Crippen LogP contribution in [0, 0.1) is 18.3 Å². The number of anilines is 2. The molecule has 47 heavy (non-hydrogen) atoms. The van der Waals surface area contributed by atoms with E-state index in [4.69, 9.17) is 19.9 Å². The monoisotopic (exact) mass is 650 g/mol. The van der Waals surface area contributed by atoms with Gasteiger partial charge in [0.25, 0.3) is 10.0 Å². The van der Waals surface area contributed by atoms with Crippen LogP contribution < -0.4 is 20.1 Å². The van der Waals surface area contributed by atoms with Gasteiger partial charge in [-0.3, -0.25) is 9.62 Å². The fourth-order valence-electron chi connectivity index (χ4n) is 5.22. The van der Waals surface area contributed by atoms with Gasteiger partial charge in [0.2, 0.25) is 0 Å². The maximum atomic E-state index is 13.7. The van der Waals surface area contributed by atoms with Crippen LogP contribution in [-0.2, 0) is 29.1 Å². The van der Waals surface area contributed by atoms with E-state index in [1.54, 1.807) is 73.7 Å². The molecule has 4 aromatic rings. The second-order valence-electron chi connectivity index (χ2n) is 10.3. The van der Waals surface area contributed by atoms with Gasteiger partial charge in [-0.25, -0.2) is 18.0 Å². The molecular weight excluding hydrogens is 620 g/mol. The van der Waals surface area contributed by atoms with Gasteiger partial charge in [0, 0.05) is 11.4 Å². The summed E-state index contributed by atoms with van der Waals surface area (Å²) < 4.78 is 45.9. The minimum atomic E-state index is -4.21. The second-order valence-corrected chi connectivity index (χ2v) is 12.0. The standard InChI is InChI=1S/C35H30N4O7S/c1-22-14-17-25(20-29(22)47(42,43)38-24-15-18-27(19-16-24)46-26-12-8-5-9-13-26)39-32(35(41)45-3)31(34(40)44-2)30(28(21-36)33(39)37)23-10-6-4-7-11-23/h4-20,30,38H,37H2,1-3H3. The van der Waals surface area contributed by atoms with E-state index in [2.05, 4.69) is 10.8 Å². The van der Waals surface area contributed by atoms with Crippen LogP contribution in [0.25, 0.3) is 0 Å². The zero-order valence-electron chi connectivity index (χ0n) is 25.6. The molecule has 3 N–H and O–H groups in total. The van der Waals surface area contributed by atoms with Crippen molar-refractivity contribution in [2.45, 2.75) is 17.7 Å². The van der Waals surface area contributed by atoms with Crippen LogP contribution in [0.4, 0.5) is 11.4 Å². The molecule has 1 aliphatic heterocycles. The Morgan fingerprint density at radius 3 is 2.04 bits per heavy atom. The lowest BCUT2D eigenvalue weighted by Gasteiger charge is -2.36. The van der Waals surface area contributed by atoms with E-state index in [1.807, 2.05) is 18.2 Å². The van der Waals surface area contributed by atoms with E-state index in [-0.39, 0.29) is 38.9 Å². The van der Waals surface area contributed by atoms with E-state index >= 15 is 0 Å². The van der Waals surface area contributed by atoms with Crippen LogP contribution in [0.1, 0.15) is 17.0 Å². The van der Waals surface area contributed by atoms with E-state index in [0.717, 1.165) is 19.1 Å². The smallest absolute Gasteiger partial charge is 0.355 e. The van der Waals surface area contributed by atoms with Crippen molar-refractivity contribution in [2.24, 2.45) is 5.73 Å². The first-order valence-corrected chi connectivity index (χ1v) is 15.7. The molecule has 1 heterocycles. The van der Waals surface area contributed by atoms with Crippen LogP contribution in [0.15, 0.2) is 131 Å². The van der Waals surface area contributed by atoms with Crippen molar-refractivity contribution in [1.82, 2.24) is 0 Å². The fraction of sp³-hybridized carbons (Fsp3) is 0.114. The maximum Gasteiger partial charge on any atom is 0.355 e. The van der Waals surface area contributed by atoms with E-state index < -0.39 is 27.9 Å². The third-order valence-electron chi connectivity index (χ3n) is 7.42. The summed E-state index contributed by atoms with van der Waals surface area (Å²) >= 11 is 0. The summed E-state index contributed by atoms with van der Waals surface area (Å²) in [6, 6.07) is 30.5. The van der Waals surface area contributed by atoms with Crippen molar-refractivity contribution in [3.63, 3.8) is 0 Å². The Balaban J connectivity index is 1.58. The molecule has 0 fully saturated rings. The molecule has 0 amide bonds. The van der Waals surface area contributed by atoms with Crippen molar-refractivity contribution < 1.29 is 32.2 Å². The van der Waals surface area contributed by atoms with Crippen LogP contribution in [-0.4, -0.2) is 34.6 Å². The molecule has 1 unspecified atom stereocenters. The lowest BCUT2D eigenvalue weighted by Crippen LogP contribution is -2.40. The Bertz CT molecular complexity index is 2040. The molecule has 0 saturated carbocycles. The molecular formula is C35H30N4O7S. The topological polar surface area (TPSA) is 161 Å². The maximum absolute atomic E-state index is 13.7. The molecule has 0 aromatic heterocycles. The van der Waals surface area contributed by atoms with Gasteiger partial charge in [0.05, 0.1) is 42.2 Å². The summed E-state index contributed by atoms with van der Waals surface area (Å²) in [6.45, 7) is 1.60. The predicted molar refractivity (Wildman–Crippen MR) is 174 cm³/mol. The number of rotatable bonds is 9. The lowest BCUT2D eigenvalue weighted by atomic mass is 9.81. The number of sulfonamides is 1. The first-order valence-electron chi connectivity index (χ1n) is 14.2. The molecule has 1 aliphatic rings. The number of para-hydroxylation sites is 1. The highest BCUT2D eigenvalue weighted by atomic mass is 32.2. The van der Waals surface area contributed by atoms with Gasteiger partial charge >= 0.3 is 11.9 Å². The molecule has 11 nitrogen and oxygen atoms in total. The number of nitrogens with zero attached hydrogens (tertiary/aromatic N) is 2. The summed E-state index contributed by atoms with van der Waals surface area (Å²) in [5.41, 5.74) is 7.25. The van der Waals surface area contributed by atoms with Crippen molar-refractivity contribution in [3.8, 4) is 17.6 Å². The van der Waals surface area contributed by atoms with Crippen molar-refractivity contribution in [1.29, 1.82) is 5.26 Å². The van der Waals surface area contributed by atoms with Crippen molar-refractivity contribution in [2.75, 3.05) is 23.8 Å². The van der Waals surface area contributed by atoms with E-state index in [0.29, 0.717) is 22.6 Å². The highest BCUT2D eigenvalue weighted by Gasteiger charge is 2.43. The summed E-state index contributed by atoms with van der Waals surface area (Å²) in [4.78, 5) is 27.7. The van der Waals surface area contributed by atoms with Crippen molar-refractivity contribution in [3.05, 3.63) is 137 Å². The van der Waals surface area contributed by atoms with Gasteiger partial charge in [0.1, 0.15) is 23.0 Å². The SMILES string of the molecule is COC(=O)C1=C(C(=O)OC)N(c2ccc(C)c(S(=O)(=O)Nc3ccc(Oc4ccccc4)cc3)c2)C(N)=C(C#N)C1c1ccccc1. The van der Waals surface area contributed by atoms with Gasteiger partial charge in [-0.05, 0) is 66.6 Å². The Morgan fingerprint density at radius 1 is 0.851 bits per heavy atom. The molecule has 0 spiro atoms. The lowest BCUT2D eigenvalue weighted by molar-refractivity contribution is -0.139. The number of methoxy groups -OCH3 is 2. The number of allylic oxidation sites excluding steroid dienone is 1. The number of esters is 2. The summed E-state index contributed by atoms with van der Waals surface area (Å²) in [7, 11) is -1.93. The van der Waals surface area contributed by atoms with Gasteiger partial charge < -0.3 is 19.9 Å². The number of aryl methyl sites for hydroxylation is 1. The molecule has 238 valence electrons. The third-order valence-corrected chi connectivity index (χ3v) is 8.94. The number of nitrogens with one attached hydrogen (secondary N) is 1. The zero-order valence-corrected chi connectivity index (χ0v) is 26.4. The highest BCUT2D eigenvalue weighted by molar-refractivity contribution is 7.92. The van der Waals surface area contributed by atoms with Gasteiger partial charge in [-0.1, -0.05) is 54.6 Å². The van der Waals surface area contributed by atoms with Crippen LogP contribution in [0.5, 0.6) is 11.5 Å². The molecule has 0 radical (unpaired) electrons. The Kier molecular flexibility index (Phi) is 9.30. The number of ether oxygens (including phenoxy) is 3. The number of benzene rings is 4. The normalized spacial score (nSPS) is 14.7. The number of carbonyl (C=O) groups is 2. The molecule has 0 aliphatic carbocycles. The second kappa shape index (κ2) is 13.5. The van der Waals surface area contributed by atoms with Crippen LogP contribution in [0.2, 0.25) is 0 Å². The molecule has 1 atom stereocenters. The molecule has 12 heteroatoms. The quantitative estimate of drug-likeness (QED) is 0.222. The largest absolute Gasteiger partial charge is 0.466 e. The summed E-state index contributed by atoms with van der Waals surface area (Å²) in [6.07, 6.45) is 0. The summed E-state index contributed by atoms with van der Waals surface area (Å²) in [5, 5.41) is 10.3. The minimum Gasteiger partial charge on any atom is -0.466 e. The van der Waals surface area contributed by atoms with Gasteiger partial charge in [0.15, 0.2) is 0 Å². The number of carbonyl (C=O) groups excluding carboxylic acids is 2. The minimum absolute atomic E-state index is 0.0508. The Labute approximate surface area is 272 Å². The Hall–Kier alpha value is -6.06. The first-order chi connectivity index (χ1) is 22.6. The van der Waals surface area contributed by atoms with Crippen LogP contribution in [0.3, 0.4) is 0 Å². The van der Waals surface area contributed by atoms with Gasteiger partial charge in [-0.15, -0.1) is 0 Å². The molecule has 0 saturated heterocycles. The number of hydrogen-bond acceptors (Lipinski definition) is 10. The summed E-state index contributed by atoms with van der Waals surface area (Å²) in [5.74, 6) is -1.97. The highest BCUT2D eigenvalue weighted by Crippen LogP contribution is 2.43.